The Bertz CT molecular complexity index is 442. The van der Waals surface area contributed by atoms with Crippen LogP contribution in [-0.4, -0.2) is 44.2 Å². The van der Waals surface area contributed by atoms with E-state index < -0.39 is 6.10 Å². The first-order chi connectivity index (χ1) is 9.97. The first kappa shape index (κ1) is 18.4. The van der Waals surface area contributed by atoms with Crippen LogP contribution in [0.4, 0.5) is 0 Å². The summed E-state index contributed by atoms with van der Waals surface area (Å²) in [6.45, 7) is 5.09. The van der Waals surface area contributed by atoms with E-state index in [0.29, 0.717) is 13.2 Å². The highest BCUT2D eigenvalue weighted by molar-refractivity contribution is 9.10. The minimum atomic E-state index is -0.696. The lowest BCUT2D eigenvalue weighted by Crippen LogP contribution is -2.27. The first-order valence-electron chi connectivity index (χ1n) is 6.88. The van der Waals surface area contributed by atoms with Gasteiger partial charge in [0.15, 0.2) is 0 Å². The number of aliphatic hydroxyl groups excluding tert-OH is 1. The Labute approximate surface area is 134 Å². The van der Waals surface area contributed by atoms with Gasteiger partial charge in [-0.25, -0.2) is 0 Å². The number of rotatable bonds is 9. The van der Waals surface area contributed by atoms with Gasteiger partial charge in [-0.15, -0.1) is 0 Å². The van der Waals surface area contributed by atoms with E-state index in [2.05, 4.69) is 15.9 Å². The molecule has 0 spiro atoms. The molecule has 0 aromatic heterocycles. The van der Waals surface area contributed by atoms with Crippen molar-refractivity contribution in [2.24, 2.45) is 5.73 Å². The molecule has 0 bridgehead atoms. The van der Waals surface area contributed by atoms with Crippen molar-refractivity contribution < 1.29 is 19.3 Å². The van der Waals surface area contributed by atoms with Gasteiger partial charge in [0.2, 0.25) is 0 Å². The number of methoxy groups -OCH3 is 1. The van der Waals surface area contributed by atoms with Gasteiger partial charge in [0, 0.05) is 23.7 Å². The number of hydrogen-bond donors (Lipinski definition) is 2. The van der Waals surface area contributed by atoms with Gasteiger partial charge in [0.05, 0.1) is 19.3 Å². The van der Waals surface area contributed by atoms with Crippen molar-refractivity contribution in [3.05, 3.63) is 27.7 Å². The Morgan fingerprint density at radius 3 is 2.62 bits per heavy atom. The summed E-state index contributed by atoms with van der Waals surface area (Å²) < 4.78 is 17.1. The Balaban J connectivity index is 2.51. The van der Waals surface area contributed by atoms with Crippen molar-refractivity contribution in [3.63, 3.8) is 0 Å². The lowest BCUT2D eigenvalue weighted by molar-refractivity contribution is -0.0424. The second-order valence-electron chi connectivity index (χ2n) is 4.98. The summed E-state index contributed by atoms with van der Waals surface area (Å²) in [5.41, 5.74) is 7.61. The summed E-state index contributed by atoms with van der Waals surface area (Å²) in [6, 6.07) is 3.88. The third-order valence-corrected chi connectivity index (χ3v) is 3.39. The van der Waals surface area contributed by atoms with Gasteiger partial charge in [-0.2, -0.15) is 0 Å². The Kier molecular flexibility index (Phi) is 8.21. The second-order valence-corrected chi connectivity index (χ2v) is 5.89. The van der Waals surface area contributed by atoms with Crippen LogP contribution in [0.5, 0.6) is 5.75 Å². The molecule has 6 heteroatoms. The van der Waals surface area contributed by atoms with Gasteiger partial charge >= 0.3 is 0 Å². The van der Waals surface area contributed by atoms with Crippen LogP contribution >= 0.6 is 15.9 Å². The molecule has 0 saturated carbocycles. The maximum atomic E-state index is 9.91. The molecule has 1 rings (SSSR count). The van der Waals surface area contributed by atoms with E-state index in [0.717, 1.165) is 21.3 Å². The number of halogens is 1. The summed E-state index contributed by atoms with van der Waals surface area (Å²) in [4.78, 5) is 0. The van der Waals surface area contributed by atoms with Gasteiger partial charge in [-0.05, 0) is 31.5 Å². The van der Waals surface area contributed by atoms with Gasteiger partial charge in [0.1, 0.15) is 18.5 Å². The van der Waals surface area contributed by atoms with E-state index in [-0.39, 0.29) is 19.3 Å². The summed E-state index contributed by atoms with van der Waals surface area (Å²) in [5.74, 6) is 0.727. The number of nitrogens with two attached hydrogens (primary N) is 1. The van der Waals surface area contributed by atoms with Gasteiger partial charge in [0.25, 0.3) is 0 Å². The van der Waals surface area contributed by atoms with E-state index >= 15 is 0 Å². The van der Waals surface area contributed by atoms with Gasteiger partial charge in [-0.3, -0.25) is 0 Å². The zero-order chi connectivity index (χ0) is 15.8. The molecule has 0 fully saturated rings. The molecule has 0 aliphatic carbocycles. The fourth-order valence-corrected chi connectivity index (χ4v) is 2.56. The van der Waals surface area contributed by atoms with Crippen molar-refractivity contribution in [2.45, 2.75) is 32.6 Å². The summed E-state index contributed by atoms with van der Waals surface area (Å²) in [5, 5.41) is 9.91. The van der Waals surface area contributed by atoms with Crippen LogP contribution < -0.4 is 10.5 Å². The third kappa shape index (κ3) is 6.32. The van der Waals surface area contributed by atoms with Crippen LogP contribution in [0.25, 0.3) is 0 Å². The zero-order valence-electron chi connectivity index (χ0n) is 12.8. The number of benzene rings is 1. The SMILES string of the molecule is COCC(C)OCC(O)COc1c(C)cc(Br)cc1CN. The molecule has 120 valence electrons. The first-order valence-corrected chi connectivity index (χ1v) is 7.67. The van der Waals surface area contributed by atoms with E-state index in [9.17, 15) is 5.11 Å². The zero-order valence-corrected chi connectivity index (χ0v) is 14.4. The molecule has 0 aliphatic heterocycles. The molecule has 0 aliphatic rings. The van der Waals surface area contributed by atoms with Crippen LogP contribution in [-0.2, 0) is 16.0 Å². The maximum Gasteiger partial charge on any atom is 0.126 e. The highest BCUT2D eigenvalue weighted by Gasteiger charge is 2.12. The van der Waals surface area contributed by atoms with E-state index in [4.69, 9.17) is 19.9 Å². The fraction of sp³-hybridized carbons (Fsp3) is 0.600. The molecule has 0 amide bonds. The lowest BCUT2D eigenvalue weighted by atomic mass is 10.1. The Morgan fingerprint density at radius 1 is 1.29 bits per heavy atom. The predicted octanol–water partition coefficient (Wildman–Crippen LogP) is 2.01. The number of aryl methyl sites for hydroxylation is 1. The molecule has 2 unspecified atom stereocenters. The highest BCUT2D eigenvalue weighted by Crippen LogP contribution is 2.27. The van der Waals surface area contributed by atoms with Crippen LogP contribution in [0.1, 0.15) is 18.1 Å². The third-order valence-electron chi connectivity index (χ3n) is 2.93. The fourth-order valence-electron chi connectivity index (χ4n) is 1.94. The van der Waals surface area contributed by atoms with Crippen LogP contribution in [0.15, 0.2) is 16.6 Å². The minimum Gasteiger partial charge on any atom is -0.490 e. The average Bonchev–Trinajstić information content (AvgIpc) is 2.43. The van der Waals surface area contributed by atoms with Crippen molar-refractivity contribution in [2.75, 3.05) is 26.9 Å². The minimum absolute atomic E-state index is 0.0568. The Morgan fingerprint density at radius 2 is 2.00 bits per heavy atom. The van der Waals surface area contributed by atoms with Gasteiger partial charge < -0.3 is 25.1 Å². The molecule has 1 aromatic rings. The molecule has 0 radical (unpaired) electrons. The van der Waals surface area contributed by atoms with Crippen LogP contribution in [0, 0.1) is 6.92 Å². The molecule has 0 heterocycles. The predicted molar refractivity (Wildman–Crippen MR) is 85.6 cm³/mol. The van der Waals surface area contributed by atoms with E-state index in [1.54, 1.807) is 7.11 Å². The van der Waals surface area contributed by atoms with Crippen LogP contribution in [0.2, 0.25) is 0 Å². The number of ether oxygens (including phenoxy) is 3. The number of hydrogen-bond acceptors (Lipinski definition) is 5. The van der Waals surface area contributed by atoms with Crippen molar-refractivity contribution in [1.82, 2.24) is 0 Å². The molecule has 1 aromatic carbocycles. The largest absolute Gasteiger partial charge is 0.490 e. The van der Waals surface area contributed by atoms with Crippen molar-refractivity contribution >= 4 is 15.9 Å². The van der Waals surface area contributed by atoms with E-state index in [1.807, 2.05) is 26.0 Å². The summed E-state index contributed by atoms with van der Waals surface area (Å²) in [7, 11) is 1.62. The molecule has 3 N–H and O–H groups in total. The van der Waals surface area contributed by atoms with Crippen molar-refractivity contribution in [1.29, 1.82) is 0 Å². The molecule has 5 nitrogen and oxygen atoms in total. The smallest absolute Gasteiger partial charge is 0.126 e. The number of aliphatic hydroxyl groups is 1. The standard InChI is InChI=1S/C15H24BrNO4/c1-10-4-13(16)5-12(6-17)15(10)21-9-14(18)8-20-11(2)7-19-3/h4-5,11,14,18H,6-9,17H2,1-3H3. The highest BCUT2D eigenvalue weighted by atomic mass is 79.9. The summed E-state index contributed by atoms with van der Waals surface area (Å²) in [6.07, 6.45) is -0.753. The topological polar surface area (TPSA) is 73.9 Å². The molecule has 0 saturated heterocycles. The monoisotopic (exact) mass is 361 g/mol. The normalized spacial score (nSPS) is 14.0. The maximum absolute atomic E-state index is 9.91. The summed E-state index contributed by atoms with van der Waals surface area (Å²) >= 11 is 3.43. The van der Waals surface area contributed by atoms with E-state index in [1.165, 1.54) is 0 Å². The molecular formula is C15H24BrNO4. The van der Waals surface area contributed by atoms with Crippen molar-refractivity contribution in [3.8, 4) is 5.75 Å². The van der Waals surface area contributed by atoms with Crippen LogP contribution in [0.3, 0.4) is 0 Å². The molecular weight excluding hydrogens is 338 g/mol. The average molecular weight is 362 g/mol. The second kappa shape index (κ2) is 9.38. The molecule has 21 heavy (non-hydrogen) atoms. The lowest BCUT2D eigenvalue weighted by Gasteiger charge is -2.18. The quantitative estimate of drug-likeness (QED) is 0.703. The molecule has 2 atom stereocenters. The Hall–Kier alpha value is -0.660. The van der Waals surface area contributed by atoms with Gasteiger partial charge in [-0.1, -0.05) is 15.9 Å².